The van der Waals surface area contributed by atoms with Gasteiger partial charge in [-0.05, 0) is 39.7 Å². The normalized spacial score (nSPS) is 21.1. The van der Waals surface area contributed by atoms with Gasteiger partial charge in [-0.15, -0.1) is 0 Å². The fourth-order valence-corrected chi connectivity index (χ4v) is 2.86. The van der Waals surface area contributed by atoms with Gasteiger partial charge in [0.05, 0.1) is 18.3 Å². The molecule has 6 heteroatoms. The number of aliphatic hydroxyl groups excluding tert-OH is 1. The maximum Gasteiger partial charge on any atom is 0.239 e. The Morgan fingerprint density at radius 2 is 2.40 bits per heavy atom. The minimum atomic E-state index is -0.316. The van der Waals surface area contributed by atoms with Crippen LogP contribution in [0, 0.1) is 6.92 Å². The highest BCUT2D eigenvalue weighted by atomic mass is 16.3. The van der Waals surface area contributed by atoms with Crippen molar-refractivity contribution in [2.24, 2.45) is 7.05 Å². The van der Waals surface area contributed by atoms with Gasteiger partial charge in [0.2, 0.25) is 5.91 Å². The Morgan fingerprint density at radius 3 is 3.00 bits per heavy atom. The zero-order valence-corrected chi connectivity index (χ0v) is 12.5. The minimum absolute atomic E-state index is 0.0227. The Labute approximate surface area is 119 Å². The van der Waals surface area contributed by atoms with Crippen LogP contribution in [0.5, 0.6) is 0 Å². The molecule has 0 spiro atoms. The van der Waals surface area contributed by atoms with Gasteiger partial charge < -0.3 is 10.4 Å². The highest BCUT2D eigenvalue weighted by Gasteiger charge is 2.27. The number of nitrogens with zero attached hydrogens (tertiary/aromatic N) is 3. The summed E-state index contributed by atoms with van der Waals surface area (Å²) in [5.41, 5.74) is 0.885. The number of aliphatic hydroxyl groups is 1. The van der Waals surface area contributed by atoms with E-state index in [1.54, 1.807) is 11.6 Å². The average Bonchev–Trinajstić information content (AvgIpc) is 2.86. The van der Waals surface area contributed by atoms with Gasteiger partial charge in [0, 0.05) is 19.2 Å². The van der Waals surface area contributed by atoms with Crippen molar-refractivity contribution in [3.8, 4) is 0 Å². The van der Waals surface area contributed by atoms with E-state index in [4.69, 9.17) is 0 Å². The van der Waals surface area contributed by atoms with Crippen molar-refractivity contribution in [1.29, 1.82) is 0 Å². The molecule has 2 heterocycles. The maximum atomic E-state index is 12.1. The van der Waals surface area contributed by atoms with E-state index >= 15 is 0 Å². The maximum absolute atomic E-state index is 12.1. The molecule has 20 heavy (non-hydrogen) atoms. The zero-order valence-electron chi connectivity index (χ0n) is 12.5. The smallest absolute Gasteiger partial charge is 0.239 e. The number of carbonyl (C=O) groups is 1. The first-order valence-corrected chi connectivity index (χ1v) is 7.18. The number of amides is 1. The summed E-state index contributed by atoms with van der Waals surface area (Å²) in [6, 6.07) is 2.17. The molecular formula is C14H24N4O2. The number of hydrogen-bond donors (Lipinski definition) is 2. The molecule has 1 aliphatic rings. The van der Waals surface area contributed by atoms with E-state index in [2.05, 4.69) is 15.3 Å². The first-order chi connectivity index (χ1) is 9.45. The molecule has 0 radical (unpaired) electrons. The third kappa shape index (κ3) is 3.80. The molecule has 112 valence electrons. The molecule has 2 unspecified atom stereocenters. The standard InChI is InChI=1S/C14H24N4O2/c1-10-7-13(17(3)16-10)15-14(20)9-18-6-4-5-12(18)8-11(2)19/h7,11-12,19H,4-6,8-9H2,1-3H3,(H,15,20). The summed E-state index contributed by atoms with van der Waals surface area (Å²) in [5.74, 6) is 0.698. The molecule has 0 aromatic carbocycles. The first kappa shape index (κ1) is 15.0. The lowest BCUT2D eigenvalue weighted by atomic mass is 10.1. The van der Waals surface area contributed by atoms with E-state index in [9.17, 15) is 9.90 Å². The van der Waals surface area contributed by atoms with E-state index < -0.39 is 0 Å². The van der Waals surface area contributed by atoms with Gasteiger partial charge in [-0.3, -0.25) is 14.4 Å². The Morgan fingerprint density at radius 1 is 1.65 bits per heavy atom. The van der Waals surface area contributed by atoms with Gasteiger partial charge in [-0.1, -0.05) is 0 Å². The lowest BCUT2D eigenvalue weighted by molar-refractivity contribution is -0.117. The van der Waals surface area contributed by atoms with Crippen LogP contribution in [0.15, 0.2) is 6.07 Å². The van der Waals surface area contributed by atoms with Crippen LogP contribution in [0.25, 0.3) is 0 Å². The summed E-state index contributed by atoms with van der Waals surface area (Å²) in [4.78, 5) is 14.3. The van der Waals surface area contributed by atoms with Gasteiger partial charge in [-0.25, -0.2) is 0 Å². The monoisotopic (exact) mass is 280 g/mol. The Bertz CT molecular complexity index is 470. The molecule has 1 saturated heterocycles. The predicted octanol–water partition coefficient (Wildman–Crippen LogP) is 0.902. The van der Waals surface area contributed by atoms with Crippen molar-refractivity contribution < 1.29 is 9.90 Å². The van der Waals surface area contributed by atoms with Crippen molar-refractivity contribution in [2.75, 3.05) is 18.4 Å². The summed E-state index contributed by atoms with van der Waals surface area (Å²) < 4.78 is 1.67. The van der Waals surface area contributed by atoms with E-state index in [1.807, 2.05) is 20.0 Å². The summed E-state index contributed by atoms with van der Waals surface area (Å²) in [6.45, 7) is 5.00. The predicted molar refractivity (Wildman–Crippen MR) is 77.5 cm³/mol. The quantitative estimate of drug-likeness (QED) is 0.841. The summed E-state index contributed by atoms with van der Waals surface area (Å²) in [6.07, 6.45) is 2.57. The minimum Gasteiger partial charge on any atom is -0.393 e. The lowest BCUT2D eigenvalue weighted by Crippen LogP contribution is -2.38. The average molecular weight is 280 g/mol. The van der Waals surface area contributed by atoms with Crippen molar-refractivity contribution in [3.63, 3.8) is 0 Å². The third-order valence-corrected chi connectivity index (χ3v) is 3.73. The molecule has 2 rings (SSSR count). The van der Waals surface area contributed by atoms with Crippen molar-refractivity contribution in [3.05, 3.63) is 11.8 Å². The topological polar surface area (TPSA) is 70.4 Å². The second-order valence-corrected chi connectivity index (χ2v) is 5.69. The van der Waals surface area contributed by atoms with Crippen LogP contribution in [0.4, 0.5) is 5.82 Å². The van der Waals surface area contributed by atoms with Crippen LogP contribution in [0.2, 0.25) is 0 Å². The number of rotatable bonds is 5. The molecule has 2 N–H and O–H groups in total. The van der Waals surface area contributed by atoms with Crippen LogP contribution in [0.1, 0.15) is 31.9 Å². The number of hydrogen-bond acceptors (Lipinski definition) is 4. The number of likely N-dealkylation sites (tertiary alicyclic amines) is 1. The van der Waals surface area contributed by atoms with Crippen LogP contribution in [-0.2, 0) is 11.8 Å². The Balaban J connectivity index is 1.89. The van der Waals surface area contributed by atoms with Gasteiger partial charge in [-0.2, -0.15) is 5.10 Å². The molecule has 0 saturated carbocycles. The van der Waals surface area contributed by atoms with Crippen molar-refractivity contribution >= 4 is 11.7 Å². The van der Waals surface area contributed by atoms with Gasteiger partial charge in [0.25, 0.3) is 0 Å². The van der Waals surface area contributed by atoms with E-state index in [1.165, 1.54) is 0 Å². The number of carbonyl (C=O) groups excluding carboxylic acids is 1. The molecule has 2 atom stereocenters. The molecule has 1 aromatic heterocycles. The molecule has 1 aliphatic heterocycles. The third-order valence-electron chi connectivity index (χ3n) is 3.73. The highest BCUT2D eigenvalue weighted by Crippen LogP contribution is 2.21. The highest BCUT2D eigenvalue weighted by molar-refractivity contribution is 5.91. The van der Waals surface area contributed by atoms with E-state index in [0.717, 1.165) is 37.3 Å². The largest absolute Gasteiger partial charge is 0.393 e. The van der Waals surface area contributed by atoms with Crippen LogP contribution >= 0.6 is 0 Å². The molecule has 6 nitrogen and oxygen atoms in total. The molecule has 1 fully saturated rings. The van der Waals surface area contributed by atoms with Gasteiger partial charge >= 0.3 is 0 Å². The van der Waals surface area contributed by atoms with E-state index in [-0.39, 0.29) is 12.0 Å². The summed E-state index contributed by atoms with van der Waals surface area (Å²) >= 11 is 0. The number of nitrogens with one attached hydrogen (secondary N) is 1. The Hall–Kier alpha value is -1.40. The summed E-state index contributed by atoms with van der Waals surface area (Å²) in [7, 11) is 1.81. The lowest BCUT2D eigenvalue weighted by Gasteiger charge is -2.24. The molecular weight excluding hydrogens is 256 g/mol. The van der Waals surface area contributed by atoms with Gasteiger partial charge in [0.1, 0.15) is 5.82 Å². The Kier molecular flexibility index (Phi) is 4.77. The number of aromatic nitrogens is 2. The second-order valence-electron chi connectivity index (χ2n) is 5.69. The first-order valence-electron chi connectivity index (χ1n) is 7.18. The molecule has 1 aromatic rings. The van der Waals surface area contributed by atoms with Crippen LogP contribution in [0.3, 0.4) is 0 Å². The summed E-state index contributed by atoms with van der Waals surface area (Å²) in [5, 5.41) is 16.6. The van der Waals surface area contributed by atoms with Crippen LogP contribution in [-0.4, -0.2) is 50.9 Å². The fourth-order valence-electron chi connectivity index (χ4n) is 2.86. The molecule has 1 amide bonds. The van der Waals surface area contributed by atoms with E-state index in [0.29, 0.717) is 12.6 Å². The van der Waals surface area contributed by atoms with Crippen molar-refractivity contribution in [1.82, 2.24) is 14.7 Å². The molecule has 0 bridgehead atoms. The fraction of sp³-hybridized carbons (Fsp3) is 0.714. The van der Waals surface area contributed by atoms with Gasteiger partial charge in [0.15, 0.2) is 0 Å². The zero-order chi connectivity index (χ0) is 14.7. The second kappa shape index (κ2) is 6.37. The van der Waals surface area contributed by atoms with Crippen molar-refractivity contribution in [2.45, 2.75) is 45.3 Å². The SMILES string of the molecule is Cc1cc(NC(=O)CN2CCCC2CC(C)O)n(C)n1. The molecule has 0 aliphatic carbocycles. The number of aryl methyl sites for hydroxylation is 2. The van der Waals surface area contributed by atoms with Crippen LogP contribution < -0.4 is 5.32 Å². The number of anilines is 1.